The van der Waals surface area contributed by atoms with Crippen molar-refractivity contribution >= 4 is 28.4 Å². The van der Waals surface area contributed by atoms with Crippen molar-refractivity contribution in [2.24, 2.45) is 0 Å². The molecule has 0 aliphatic heterocycles. The number of ketones is 1. The van der Waals surface area contributed by atoms with Gasteiger partial charge in [0.25, 0.3) is 5.56 Å². The molecular formula is C24H28N2O3S. The third-order valence-electron chi connectivity index (χ3n) is 4.96. The number of hydrogen-bond donors (Lipinski definition) is 0. The van der Waals surface area contributed by atoms with Gasteiger partial charge in [-0.25, -0.2) is 4.98 Å². The first-order valence-electron chi connectivity index (χ1n) is 10.1. The fourth-order valence-corrected chi connectivity index (χ4v) is 4.11. The Kier molecular flexibility index (Phi) is 7.10. The maximum atomic E-state index is 13.0. The van der Waals surface area contributed by atoms with Gasteiger partial charge in [0.15, 0.2) is 10.9 Å². The number of methoxy groups -OCH3 is 1. The zero-order valence-corrected chi connectivity index (χ0v) is 18.8. The van der Waals surface area contributed by atoms with Crippen LogP contribution < -0.4 is 5.56 Å². The van der Waals surface area contributed by atoms with Crippen LogP contribution in [0.1, 0.15) is 43.1 Å². The van der Waals surface area contributed by atoms with Crippen LogP contribution in [0.5, 0.6) is 0 Å². The summed E-state index contributed by atoms with van der Waals surface area (Å²) in [6, 6.07) is 15.1. The van der Waals surface area contributed by atoms with Crippen molar-refractivity contribution in [2.45, 2.75) is 44.3 Å². The number of hydrogen-bond acceptors (Lipinski definition) is 5. The lowest BCUT2D eigenvalue weighted by molar-refractivity contribution is 0.102. The molecule has 3 rings (SSSR count). The molecule has 158 valence electrons. The summed E-state index contributed by atoms with van der Waals surface area (Å²) in [5.74, 6) is 0.246. The largest absolute Gasteiger partial charge is 0.385 e. The number of nitrogens with zero attached hydrogens (tertiary/aromatic N) is 2. The fourth-order valence-electron chi connectivity index (χ4n) is 3.19. The molecule has 0 aliphatic rings. The van der Waals surface area contributed by atoms with E-state index in [4.69, 9.17) is 4.74 Å². The van der Waals surface area contributed by atoms with Gasteiger partial charge < -0.3 is 4.74 Å². The molecule has 0 atom stereocenters. The number of ether oxygens (including phenoxy) is 1. The average Bonchev–Trinajstić information content (AvgIpc) is 2.73. The lowest BCUT2D eigenvalue weighted by Gasteiger charge is -2.19. The van der Waals surface area contributed by atoms with Crippen LogP contribution >= 0.6 is 11.8 Å². The molecule has 0 radical (unpaired) electrons. The summed E-state index contributed by atoms with van der Waals surface area (Å²) in [6.45, 7) is 7.50. The van der Waals surface area contributed by atoms with Crippen LogP contribution in [0.15, 0.2) is 58.5 Å². The Hall–Kier alpha value is -2.44. The van der Waals surface area contributed by atoms with Crippen molar-refractivity contribution in [1.29, 1.82) is 0 Å². The Bertz CT molecular complexity index is 1080. The van der Waals surface area contributed by atoms with Gasteiger partial charge in [-0.2, -0.15) is 0 Å². The van der Waals surface area contributed by atoms with Crippen molar-refractivity contribution in [3.05, 3.63) is 70.0 Å². The number of Topliss-reactive ketones (excluding diaryl/α,β-unsaturated/α-hetero) is 1. The van der Waals surface area contributed by atoms with Gasteiger partial charge in [0.2, 0.25) is 0 Å². The first-order chi connectivity index (χ1) is 14.3. The van der Waals surface area contributed by atoms with E-state index in [0.29, 0.717) is 41.2 Å². The van der Waals surface area contributed by atoms with Crippen molar-refractivity contribution < 1.29 is 9.53 Å². The molecule has 0 fully saturated rings. The maximum Gasteiger partial charge on any atom is 0.262 e. The average molecular weight is 425 g/mol. The highest BCUT2D eigenvalue weighted by atomic mass is 32.2. The molecule has 1 heterocycles. The molecule has 0 unspecified atom stereocenters. The predicted octanol–water partition coefficient (Wildman–Crippen LogP) is 4.71. The van der Waals surface area contributed by atoms with E-state index < -0.39 is 0 Å². The topological polar surface area (TPSA) is 61.2 Å². The van der Waals surface area contributed by atoms with E-state index in [1.54, 1.807) is 17.7 Å². The van der Waals surface area contributed by atoms with Gasteiger partial charge >= 0.3 is 0 Å². The third-order valence-corrected chi connectivity index (χ3v) is 5.94. The van der Waals surface area contributed by atoms with E-state index in [1.807, 2.05) is 42.5 Å². The smallest absolute Gasteiger partial charge is 0.262 e. The van der Waals surface area contributed by atoms with E-state index in [0.717, 1.165) is 0 Å². The standard InChI is InChI=1S/C24H28N2O3S/c1-24(2,3)18-12-10-17(11-13-18)21(27)16-30-23-25-20-9-6-5-8-19(20)22(28)26(23)14-7-15-29-4/h5-6,8-13H,7,14-16H2,1-4H3. The van der Waals surface area contributed by atoms with Crippen LogP contribution in [0.3, 0.4) is 0 Å². The molecule has 0 N–H and O–H groups in total. The number of fused-ring (bicyclic) bond motifs is 1. The molecule has 0 spiro atoms. The Labute approximate surface area is 181 Å². The SMILES string of the molecule is COCCCn1c(SCC(=O)c2ccc(C(C)(C)C)cc2)nc2ccccc2c1=O. The van der Waals surface area contributed by atoms with Crippen molar-refractivity contribution in [2.75, 3.05) is 19.5 Å². The third kappa shape index (κ3) is 5.18. The van der Waals surface area contributed by atoms with E-state index >= 15 is 0 Å². The van der Waals surface area contributed by atoms with Gasteiger partial charge in [0.1, 0.15) is 0 Å². The minimum absolute atomic E-state index is 0.0197. The van der Waals surface area contributed by atoms with Crippen LogP contribution in [-0.2, 0) is 16.7 Å². The maximum absolute atomic E-state index is 13.0. The minimum atomic E-state index is -0.0822. The molecule has 1 aromatic heterocycles. The second kappa shape index (κ2) is 9.58. The van der Waals surface area contributed by atoms with Crippen LogP contribution in [-0.4, -0.2) is 34.8 Å². The first-order valence-corrected chi connectivity index (χ1v) is 11.0. The molecule has 5 nitrogen and oxygen atoms in total. The molecule has 0 bridgehead atoms. The normalized spacial score (nSPS) is 11.7. The molecule has 6 heteroatoms. The summed E-state index contributed by atoms with van der Waals surface area (Å²) < 4.78 is 6.78. The molecule has 0 amide bonds. The lowest BCUT2D eigenvalue weighted by atomic mass is 9.86. The van der Waals surface area contributed by atoms with Crippen LogP contribution in [0, 0.1) is 0 Å². The summed E-state index contributed by atoms with van der Waals surface area (Å²) in [4.78, 5) is 30.4. The number of thioether (sulfide) groups is 1. The van der Waals surface area contributed by atoms with Gasteiger partial charge in [0.05, 0.1) is 16.7 Å². The van der Waals surface area contributed by atoms with Crippen molar-refractivity contribution in [1.82, 2.24) is 9.55 Å². The molecule has 0 aliphatic carbocycles. The second-order valence-electron chi connectivity index (χ2n) is 8.25. The summed E-state index contributed by atoms with van der Waals surface area (Å²) >= 11 is 1.31. The van der Waals surface area contributed by atoms with E-state index in [-0.39, 0.29) is 22.5 Å². The predicted molar refractivity (Wildman–Crippen MR) is 123 cm³/mol. The van der Waals surface area contributed by atoms with E-state index in [2.05, 4.69) is 25.8 Å². The number of carbonyl (C=O) groups excluding carboxylic acids is 1. The lowest BCUT2D eigenvalue weighted by Crippen LogP contribution is -2.24. The quantitative estimate of drug-likeness (QED) is 0.227. The van der Waals surface area contributed by atoms with Crippen LogP contribution in [0.4, 0.5) is 0 Å². The molecular weight excluding hydrogens is 396 g/mol. The van der Waals surface area contributed by atoms with E-state index in [1.165, 1.54) is 17.3 Å². The van der Waals surface area contributed by atoms with Crippen molar-refractivity contribution in [3.8, 4) is 0 Å². The number of benzene rings is 2. The monoisotopic (exact) mass is 424 g/mol. The van der Waals surface area contributed by atoms with Gasteiger partial charge in [-0.3, -0.25) is 14.2 Å². The number of carbonyl (C=O) groups is 1. The van der Waals surface area contributed by atoms with E-state index in [9.17, 15) is 9.59 Å². The number of para-hydroxylation sites is 1. The molecule has 30 heavy (non-hydrogen) atoms. The molecule has 3 aromatic rings. The Morgan fingerprint density at radius 3 is 2.47 bits per heavy atom. The summed E-state index contributed by atoms with van der Waals surface area (Å²) in [5, 5.41) is 1.15. The highest BCUT2D eigenvalue weighted by Crippen LogP contribution is 2.24. The fraction of sp³-hybridized carbons (Fsp3) is 0.375. The first kappa shape index (κ1) is 22.2. The molecule has 2 aromatic carbocycles. The van der Waals surface area contributed by atoms with Gasteiger partial charge in [-0.1, -0.05) is 68.9 Å². The summed E-state index contributed by atoms with van der Waals surface area (Å²) in [5.41, 5.74) is 2.47. The molecule has 0 saturated heterocycles. The minimum Gasteiger partial charge on any atom is -0.385 e. The zero-order valence-electron chi connectivity index (χ0n) is 18.0. The van der Waals surface area contributed by atoms with Crippen molar-refractivity contribution in [3.63, 3.8) is 0 Å². The summed E-state index contributed by atoms with van der Waals surface area (Å²) in [7, 11) is 1.64. The number of rotatable bonds is 8. The second-order valence-corrected chi connectivity index (χ2v) is 9.20. The number of aromatic nitrogens is 2. The highest BCUT2D eigenvalue weighted by molar-refractivity contribution is 7.99. The van der Waals surface area contributed by atoms with Gasteiger partial charge in [-0.15, -0.1) is 0 Å². The van der Waals surface area contributed by atoms with Gasteiger partial charge in [-0.05, 0) is 29.5 Å². The Balaban J connectivity index is 1.82. The highest BCUT2D eigenvalue weighted by Gasteiger charge is 2.16. The van der Waals surface area contributed by atoms with Crippen LogP contribution in [0.25, 0.3) is 10.9 Å². The molecule has 0 saturated carbocycles. The van der Waals surface area contributed by atoms with Gasteiger partial charge in [0, 0.05) is 25.8 Å². The zero-order chi connectivity index (χ0) is 21.7. The van der Waals surface area contributed by atoms with Crippen LogP contribution in [0.2, 0.25) is 0 Å². The Morgan fingerprint density at radius 1 is 1.10 bits per heavy atom. The summed E-state index contributed by atoms with van der Waals surface area (Å²) in [6.07, 6.45) is 0.701. The Morgan fingerprint density at radius 2 is 1.80 bits per heavy atom.